The molecule has 0 aliphatic rings. The summed E-state index contributed by atoms with van der Waals surface area (Å²) in [4.78, 5) is 8.02. The molecule has 1 unspecified atom stereocenters. The van der Waals surface area contributed by atoms with E-state index in [2.05, 4.69) is 9.97 Å². The highest BCUT2D eigenvalue weighted by atomic mass is 14.9. The van der Waals surface area contributed by atoms with Crippen molar-refractivity contribution in [3.05, 3.63) is 17.7 Å². The number of aromatic nitrogens is 2. The Hall–Kier alpha value is -1.45. The average Bonchev–Trinajstić information content (AvgIpc) is 2.20. The highest BCUT2D eigenvalue weighted by molar-refractivity contribution is 6.02. The van der Waals surface area contributed by atoms with Crippen molar-refractivity contribution in [1.29, 1.82) is 5.41 Å². The van der Waals surface area contributed by atoms with Crippen LogP contribution in [0, 0.1) is 18.3 Å². The maximum absolute atomic E-state index is 7.90. The van der Waals surface area contributed by atoms with Crippen molar-refractivity contribution in [1.82, 2.24) is 9.97 Å². The van der Waals surface area contributed by atoms with Gasteiger partial charge in [0.1, 0.15) is 12.0 Å². The Balaban J connectivity index is 3.07. The van der Waals surface area contributed by atoms with E-state index in [1.165, 1.54) is 6.33 Å². The molecule has 0 amide bonds. The van der Waals surface area contributed by atoms with Crippen molar-refractivity contribution >= 4 is 11.4 Å². The van der Waals surface area contributed by atoms with Gasteiger partial charge in [-0.1, -0.05) is 13.8 Å². The van der Waals surface area contributed by atoms with Gasteiger partial charge in [-0.3, -0.25) is 0 Å². The van der Waals surface area contributed by atoms with E-state index in [1.54, 1.807) is 0 Å². The van der Waals surface area contributed by atoms with Crippen LogP contribution in [0.25, 0.3) is 0 Å². The summed E-state index contributed by atoms with van der Waals surface area (Å²) >= 11 is 0. The Morgan fingerprint density at radius 1 is 1.57 bits per heavy atom. The second kappa shape index (κ2) is 4.17. The van der Waals surface area contributed by atoms with Gasteiger partial charge in [0.2, 0.25) is 0 Å². The van der Waals surface area contributed by atoms with E-state index in [0.717, 1.165) is 12.1 Å². The van der Waals surface area contributed by atoms with Gasteiger partial charge < -0.3 is 11.1 Å². The standard InChI is InChI=1S/C10H16N4/c1-4-6(2)8(11)10-9(12)7(3)13-5-14-10/h5-6,11H,4,12H2,1-3H3. The first kappa shape index (κ1) is 10.6. The van der Waals surface area contributed by atoms with E-state index >= 15 is 0 Å². The van der Waals surface area contributed by atoms with Crippen LogP contribution >= 0.6 is 0 Å². The van der Waals surface area contributed by atoms with Crippen LogP contribution in [0.2, 0.25) is 0 Å². The van der Waals surface area contributed by atoms with Gasteiger partial charge >= 0.3 is 0 Å². The fraction of sp³-hybridized carbons (Fsp3) is 0.500. The van der Waals surface area contributed by atoms with Crippen LogP contribution in [-0.2, 0) is 0 Å². The molecular formula is C10H16N4. The molecule has 1 rings (SSSR count). The topological polar surface area (TPSA) is 75.7 Å². The van der Waals surface area contributed by atoms with Crippen LogP contribution < -0.4 is 5.73 Å². The zero-order chi connectivity index (χ0) is 10.7. The molecule has 0 saturated carbocycles. The molecule has 4 nitrogen and oxygen atoms in total. The maximum atomic E-state index is 7.90. The Morgan fingerprint density at radius 3 is 2.79 bits per heavy atom. The summed E-state index contributed by atoms with van der Waals surface area (Å²) in [6, 6.07) is 0. The second-order valence-corrected chi connectivity index (χ2v) is 3.44. The third-order valence-electron chi connectivity index (χ3n) is 2.44. The predicted octanol–water partition coefficient (Wildman–Crippen LogP) is 1.78. The van der Waals surface area contributed by atoms with Gasteiger partial charge in [-0.15, -0.1) is 0 Å². The Morgan fingerprint density at radius 2 is 2.21 bits per heavy atom. The van der Waals surface area contributed by atoms with E-state index in [1.807, 2.05) is 20.8 Å². The molecule has 0 aliphatic heterocycles. The van der Waals surface area contributed by atoms with E-state index in [9.17, 15) is 0 Å². The molecule has 1 aromatic heterocycles. The minimum Gasteiger partial charge on any atom is -0.395 e. The SMILES string of the molecule is CCC(C)C(=N)c1ncnc(C)c1N. The van der Waals surface area contributed by atoms with Gasteiger partial charge in [-0.2, -0.15) is 0 Å². The number of rotatable bonds is 3. The van der Waals surface area contributed by atoms with Gasteiger partial charge in [0.05, 0.1) is 17.1 Å². The van der Waals surface area contributed by atoms with Gasteiger partial charge in [-0.25, -0.2) is 9.97 Å². The molecule has 1 heterocycles. The molecule has 0 aliphatic carbocycles. The number of nitrogens with two attached hydrogens (primary N) is 1. The first-order valence-corrected chi connectivity index (χ1v) is 4.73. The summed E-state index contributed by atoms with van der Waals surface area (Å²) in [6.07, 6.45) is 2.37. The predicted molar refractivity (Wildman–Crippen MR) is 57.5 cm³/mol. The monoisotopic (exact) mass is 192 g/mol. The van der Waals surface area contributed by atoms with Gasteiger partial charge in [0.15, 0.2) is 0 Å². The Kier molecular flexibility index (Phi) is 3.17. The lowest BCUT2D eigenvalue weighted by atomic mass is 9.99. The van der Waals surface area contributed by atoms with Crippen molar-refractivity contribution in [2.24, 2.45) is 5.92 Å². The van der Waals surface area contributed by atoms with Gasteiger partial charge in [-0.05, 0) is 19.3 Å². The molecule has 0 saturated heterocycles. The highest BCUT2D eigenvalue weighted by Crippen LogP contribution is 2.17. The van der Waals surface area contributed by atoms with E-state index in [-0.39, 0.29) is 5.92 Å². The molecule has 0 spiro atoms. The molecule has 0 radical (unpaired) electrons. The summed E-state index contributed by atoms with van der Waals surface area (Å²) in [5.41, 5.74) is 8.15. The van der Waals surface area contributed by atoms with Gasteiger partial charge in [0, 0.05) is 0 Å². The number of hydrogen-bond donors (Lipinski definition) is 2. The summed E-state index contributed by atoms with van der Waals surface area (Å²) < 4.78 is 0. The molecule has 14 heavy (non-hydrogen) atoms. The fourth-order valence-electron chi connectivity index (χ4n) is 1.14. The molecule has 4 heteroatoms. The Labute approximate surface area is 84.1 Å². The zero-order valence-corrected chi connectivity index (χ0v) is 8.83. The van der Waals surface area contributed by atoms with Crippen LogP contribution in [0.15, 0.2) is 6.33 Å². The summed E-state index contributed by atoms with van der Waals surface area (Å²) in [5, 5.41) is 7.90. The normalized spacial score (nSPS) is 12.5. The quantitative estimate of drug-likeness (QED) is 0.717. The summed E-state index contributed by atoms with van der Waals surface area (Å²) in [5.74, 6) is 0.187. The van der Waals surface area contributed by atoms with Crippen molar-refractivity contribution in [3.8, 4) is 0 Å². The molecule has 0 aromatic carbocycles. The third-order valence-corrected chi connectivity index (χ3v) is 2.44. The van der Waals surface area contributed by atoms with E-state index < -0.39 is 0 Å². The van der Waals surface area contributed by atoms with Crippen molar-refractivity contribution in [3.63, 3.8) is 0 Å². The number of nitrogens with zero attached hydrogens (tertiary/aromatic N) is 2. The van der Waals surface area contributed by atoms with Crippen molar-refractivity contribution in [2.45, 2.75) is 27.2 Å². The number of nitrogens with one attached hydrogen (secondary N) is 1. The van der Waals surface area contributed by atoms with Crippen LogP contribution in [0.4, 0.5) is 5.69 Å². The van der Waals surface area contributed by atoms with Crippen LogP contribution in [0.3, 0.4) is 0 Å². The minimum atomic E-state index is 0.187. The number of hydrogen-bond acceptors (Lipinski definition) is 4. The van der Waals surface area contributed by atoms with E-state index in [0.29, 0.717) is 17.1 Å². The smallest absolute Gasteiger partial charge is 0.116 e. The summed E-state index contributed by atoms with van der Waals surface area (Å²) in [7, 11) is 0. The molecule has 76 valence electrons. The first-order valence-electron chi connectivity index (χ1n) is 4.73. The van der Waals surface area contributed by atoms with Crippen molar-refractivity contribution in [2.75, 3.05) is 5.73 Å². The van der Waals surface area contributed by atoms with Crippen LogP contribution in [0.1, 0.15) is 31.7 Å². The van der Waals surface area contributed by atoms with Gasteiger partial charge in [0.25, 0.3) is 0 Å². The molecule has 0 fully saturated rings. The van der Waals surface area contributed by atoms with Crippen molar-refractivity contribution < 1.29 is 0 Å². The highest BCUT2D eigenvalue weighted by Gasteiger charge is 2.14. The second-order valence-electron chi connectivity index (χ2n) is 3.44. The maximum Gasteiger partial charge on any atom is 0.116 e. The van der Waals surface area contributed by atoms with E-state index in [4.69, 9.17) is 11.1 Å². The molecular weight excluding hydrogens is 176 g/mol. The largest absolute Gasteiger partial charge is 0.395 e. The van der Waals surface area contributed by atoms with Crippen LogP contribution in [0.5, 0.6) is 0 Å². The molecule has 0 bridgehead atoms. The summed E-state index contributed by atoms with van der Waals surface area (Å²) in [6.45, 7) is 5.87. The third kappa shape index (κ3) is 1.89. The number of anilines is 1. The lowest BCUT2D eigenvalue weighted by Crippen LogP contribution is -2.15. The Bertz CT molecular complexity index is 346. The minimum absolute atomic E-state index is 0.187. The average molecular weight is 192 g/mol. The first-order chi connectivity index (χ1) is 6.57. The molecule has 3 N–H and O–H groups in total. The number of nitrogen functional groups attached to an aromatic ring is 1. The molecule has 1 aromatic rings. The zero-order valence-electron chi connectivity index (χ0n) is 8.83. The number of aryl methyl sites for hydroxylation is 1. The fourth-order valence-corrected chi connectivity index (χ4v) is 1.14. The lowest BCUT2D eigenvalue weighted by Gasteiger charge is -2.12. The lowest BCUT2D eigenvalue weighted by molar-refractivity contribution is 0.733. The molecule has 1 atom stereocenters. The van der Waals surface area contributed by atoms with Crippen LogP contribution in [-0.4, -0.2) is 15.7 Å².